The molecular weight excluding hydrogens is 399 g/mol. The highest BCUT2D eigenvalue weighted by molar-refractivity contribution is 6.31. The summed E-state index contributed by atoms with van der Waals surface area (Å²) in [5.74, 6) is -0.813. The van der Waals surface area contributed by atoms with Gasteiger partial charge in [-0.1, -0.05) is 17.7 Å². The van der Waals surface area contributed by atoms with E-state index in [4.69, 9.17) is 11.6 Å². The maximum atomic E-state index is 13.2. The Balaban J connectivity index is 1.84. The number of hydrogen-bond donors (Lipinski definition) is 1. The van der Waals surface area contributed by atoms with Gasteiger partial charge in [-0.2, -0.15) is 5.10 Å². The monoisotopic (exact) mass is 416 g/mol. The Kier molecular flexibility index (Phi) is 5.65. The van der Waals surface area contributed by atoms with Gasteiger partial charge in [0.1, 0.15) is 5.82 Å². The highest BCUT2D eigenvalue weighted by Gasteiger charge is 2.18. The van der Waals surface area contributed by atoms with Crippen molar-refractivity contribution in [2.75, 3.05) is 5.32 Å². The quantitative estimate of drug-likeness (QED) is 0.477. The predicted molar refractivity (Wildman–Crippen MR) is 108 cm³/mol. The van der Waals surface area contributed by atoms with Crippen LogP contribution in [0.1, 0.15) is 32.9 Å². The van der Waals surface area contributed by atoms with E-state index >= 15 is 0 Å². The minimum Gasteiger partial charge on any atom is -0.319 e. The number of anilines is 1. The summed E-state index contributed by atoms with van der Waals surface area (Å²) in [5.41, 5.74) is 3.21. The molecule has 0 saturated heterocycles. The Morgan fingerprint density at radius 3 is 2.59 bits per heavy atom. The fourth-order valence-corrected chi connectivity index (χ4v) is 3.26. The summed E-state index contributed by atoms with van der Waals surface area (Å²) in [6, 6.07) is 8.35. The number of nitrogens with zero attached hydrogens (tertiary/aromatic N) is 3. The first-order chi connectivity index (χ1) is 13.7. The summed E-state index contributed by atoms with van der Waals surface area (Å²) >= 11 is 6.09. The number of benzene rings is 2. The zero-order valence-corrected chi connectivity index (χ0v) is 16.7. The third-order valence-corrected chi connectivity index (χ3v) is 4.96. The summed E-state index contributed by atoms with van der Waals surface area (Å²) in [6.45, 7) is 5.45. The summed E-state index contributed by atoms with van der Waals surface area (Å²) in [5, 5.41) is 18.5. The van der Waals surface area contributed by atoms with Crippen LogP contribution >= 0.6 is 11.6 Å². The fraction of sp³-hybridized carbons (Fsp3) is 0.200. The normalized spacial score (nSPS) is 10.8. The molecule has 1 heterocycles. The highest BCUT2D eigenvalue weighted by Crippen LogP contribution is 2.25. The van der Waals surface area contributed by atoms with Crippen molar-refractivity contribution >= 4 is 28.9 Å². The molecule has 0 fully saturated rings. The summed E-state index contributed by atoms with van der Waals surface area (Å²) in [4.78, 5) is 23.1. The smallest absolute Gasteiger partial charge is 0.272 e. The van der Waals surface area contributed by atoms with E-state index in [2.05, 4.69) is 10.4 Å². The number of carbonyl (C=O) groups excluding carboxylic acids is 1. The summed E-state index contributed by atoms with van der Waals surface area (Å²) in [6.07, 6.45) is 0. The number of nitro benzene ring substituents is 1. The Labute approximate surface area is 171 Å². The van der Waals surface area contributed by atoms with Crippen molar-refractivity contribution in [3.63, 3.8) is 0 Å². The van der Waals surface area contributed by atoms with Gasteiger partial charge in [0.25, 0.3) is 11.6 Å². The lowest BCUT2D eigenvalue weighted by molar-refractivity contribution is -0.385. The molecule has 9 heteroatoms. The van der Waals surface area contributed by atoms with Gasteiger partial charge in [-0.05, 0) is 50.6 Å². The van der Waals surface area contributed by atoms with Crippen LogP contribution < -0.4 is 5.32 Å². The van der Waals surface area contributed by atoms with Crippen LogP contribution in [0.3, 0.4) is 0 Å². The second kappa shape index (κ2) is 8.00. The maximum Gasteiger partial charge on any atom is 0.272 e. The molecule has 0 radical (unpaired) electrons. The van der Waals surface area contributed by atoms with Crippen LogP contribution in [0.4, 0.5) is 15.8 Å². The average Bonchev–Trinajstić information content (AvgIpc) is 2.91. The molecule has 0 spiro atoms. The molecule has 7 nitrogen and oxygen atoms in total. The van der Waals surface area contributed by atoms with E-state index in [1.165, 1.54) is 30.3 Å². The number of aromatic nitrogens is 2. The number of nitrogens with one attached hydrogen (secondary N) is 1. The molecule has 0 saturated carbocycles. The van der Waals surface area contributed by atoms with Crippen molar-refractivity contribution in [3.8, 4) is 0 Å². The van der Waals surface area contributed by atoms with E-state index in [9.17, 15) is 19.3 Å². The van der Waals surface area contributed by atoms with Gasteiger partial charge in [0, 0.05) is 22.2 Å². The Hall–Kier alpha value is -3.26. The largest absolute Gasteiger partial charge is 0.319 e. The lowest BCUT2D eigenvalue weighted by Gasteiger charge is -2.09. The van der Waals surface area contributed by atoms with Gasteiger partial charge in [0.05, 0.1) is 28.5 Å². The first-order valence-electron chi connectivity index (χ1n) is 8.71. The Bertz CT molecular complexity index is 1130. The average molecular weight is 417 g/mol. The highest BCUT2D eigenvalue weighted by atomic mass is 35.5. The first-order valence-corrected chi connectivity index (χ1v) is 9.09. The minimum atomic E-state index is -0.490. The van der Waals surface area contributed by atoms with E-state index in [1.54, 1.807) is 31.5 Å². The van der Waals surface area contributed by atoms with Crippen molar-refractivity contribution in [1.29, 1.82) is 0 Å². The number of hydrogen-bond acceptors (Lipinski definition) is 4. The van der Waals surface area contributed by atoms with Crippen LogP contribution in [0.2, 0.25) is 5.02 Å². The topological polar surface area (TPSA) is 90.1 Å². The van der Waals surface area contributed by atoms with Gasteiger partial charge < -0.3 is 5.32 Å². The van der Waals surface area contributed by atoms with Crippen molar-refractivity contribution in [3.05, 3.63) is 85.4 Å². The van der Waals surface area contributed by atoms with Crippen LogP contribution in [0.25, 0.3) is 0 Å². The van der Waals surface area contributed by atoms with Gasteiger partial charge in [-0.25, -0.2) is 4.39 Å². The molecule has 3 aromatic rings. The Morgan fingerprint density at radius 2 is 1.97 bits per heavy atom. The van der Waals surface area contributed by atoms with Crippen LogP contribution in [0, 0.1) is 36.7 Å². The molecule has 150 valence electrons. The molecule has 1 aromatic heterocycles. The lowest BCUT2D eigenvalue weighted by Crippen LogP contribution is -2.14. The van der Waals surface area contributed by atoms with Gasteiger partial charge in [-0.3, -0.25) is 19.6 Å². The molecule has 3 rings (SSSR count). The Morgan fingerprint density at radius 1 is 1.24 bits per heavy atom. The maximum absolute atomic E-state index is 13.2. The molecule has 0 aliphatic heterocycles. The van der Waals surface area contributed by atoms with Crippen molar-refractivity contribution in [2.24, 2.45) is 0 Å². The molecule has 0 aliphatic carbocycles. The second-order valence-corrected chi connectivity index (χ2v) is 7.06. The molecule has 29 heavy (non-hydrogen) atoms. The zero-order chi connectivity index (χ0) is 21.3. The van der Waals surface area contributed by atoms with Crippen LogP contribution in [0.15, 0.2) is 36.4 Å². The van der Waals surface area contributed by atoms with Crippen molar-refractivity contribution in [1.82, 2.24) is 9.78 Å². The predicted octanol–water partition coefficient (Wildman–Crippen LogP) is 4.81. The molecule has 1 amide bonds. The van der Waals surface area contributed by atoms with Gasteiger partial charge >= 0.3 is 0 Å². The minimum absolute atomic E-state index is 0.0436. The molecule has 1 N–H and O–H groups in total. The van der Waals surface area contributed by atoms with Crippen LogP contribution in [0.5, 0.6) is 0 Å². The standard InChI is InChI=1S/C20H18ClFN4O3/c1-11-8-14(5-7-18(11)26(28)29)20(27)23-19-12(2)24-25(13(19)3)10-15-4-6-16(22)9-17(15)21/h4-9H,10H2,1-3H3,(H,23,27). The van der Waals surface area contributed by atoms with Gasteiger partial charge in [0.15, 0.2) is 0 Å². The third kappa shape index (κ3) is 4.27. The van der Waals surface area contributed by atoms with Crippen molar-refractivity contribution < 1.29 is 14.1 Å². The third-order valence-electron chi connectivity index (χ3n) is 4.61. The molecule has 0 atom stereocenters. The second-order valence-electron chi connectivity index (χ2n) is 6.65. The summed E-state index contributed by atoms with van der Waals surface area (Å²) in [7, 11) is 0. The number of aryl methyl sites for hydroxylation is 2. The van der Waals surface area contributed by atoms with Crippen LogP contribution in [-0.4, -0.2) is 20.6 Å². The van der Waals surface area contributed by atoms with E-state index in [0.29, 0.717) is 45.3 Å². The van der Waals surface area contributed by atoms with E-state index < -0.39 is 16.6 Å². The SMILES string of the molecule is Cc1cc(C(=O)Nc2c(C)nn(Cc3ccc(F)cc3Cl)c2C)ccc1[N+](=O)[O-]. The van der Waals surface area contributed by atoms with Crippen LogP contribution in [-0.2, 0) is 6.54 Å². The molecule has 0 aliphatic rings. The van der Waals surface area contributed by atoms with E-state index in [1.807, 2.05) is 0 Å². The molecule has 0 unspecified atom stereocenters. The van der Waals surface area contributed by atoms with E-state index in [-0.39, 0.29) is 5.69 Å². The molecule has 2 aromatic carbocycles. The lowest BCUT2D eigenvalue weighted by atomic mass is 10.1. The fourth-order valence-electron chi connectivity index (χ4n) is 3.03. The first kappa shape index (κ1) is 20.5. The number of rotatable bonds is 5. The van der Waals surface area contributed by atoms with E-state index in [0.717, 1.165) is 0 Å². The molecular formula is C20H18ClFN4O3. The number of halogens is 2. The number of carbonyl (C=O) groups is 1. The van der Waals surface area contributed by atoms with Gasteiger partial charge in [-0.15, -0.1) is 0 Å². The number of nitro groups is 1. The van der Waals surface area contributed by atoms with Crippen molar-refractivity contribution in [2.45, 2.75) is 27.3 Å². The zero-order valence-electron chi connectivity index (χ0n) is 16.0. The molecule has 0 bridgehead atoms. The summed E-state index contributed by atoms with van der Waals surface area (Å²) < 4.78 is 14.9. The van der Waals surface area contributed by atoms with Gasteiger partial charge in [0.2, 0.25) is 0 Å². The number of amides is 1.